The summed E-state index contributed by atoms with van der Waals surface area (Å²) in [5, 5.41) is 15.9. The maximum absolute atomic E-state index is 12.9. The third-order valence-electron chi connectivity index (χ3n) is 5.14. The number of amides is 1. The maximum Gasteiger partial charge on any atom is 0.282 e. The van der Waals surface area contributed by atoms with E-state index in [-0.39, 0.29) is 23.3 Å². The molecule has 0 fully saturated rings. The molecule has 0 saturated heterocycles. The van der Waals surface area contributed by atoms with Gasteiger partial charge in [0.05, 0.1) is 17.7 Å². The SMILES string of the molecule is COc1ccc([N+](=O)[O-])cc1NC(=O)[C@@H](C)[NH2+][C@H](c1ccccc1)c1ccc(C)cc1. The number of hydrogen-bond acceptors (Lipinski definition) is 4. The second kappa shape index (κ2) is 9.86. The highest BCUT2D eigenvalue weighted by Gasteiger charge is 2.26. The molecule has 160 valence electrons. The molecule has 0 aromatic heterocycles. The van der Waals surface area contributed by atoms with Gasteiger partial charge in [-0.1, -0.05) is 60.2 Å². The number of methoxy groups -OCH3 is 1. The first-order valence-corrected chi connectivity index (χ1v) is 9.99. The highest BCUT2D eigenvalue weighted by atomic mass is 16.6. The fourth-order valence-corrected chi connectivity index (χ4v) is 3.38. The summed E-state index contributed by atoms with van der Waals surface area (Å²) >= 11 is 0. The van der Waals surface area contributed by atoms with Crippen LogP contribution < -0.4 is 15.4 Å². The molecule has 0 aliphatic rings. The van der Waals surface area contributed by atoms with Gasteiger partial charge in [-0.05, 0) is 19.9 Å². The van der Waals surface area contributed by atoms with Crippen molar-refractivity contribution in [3.05, 3.63) is 99.6 Å². The van der Waals surface area contributed by atoms with Crippen LogP contribution >= 0.6 is 0 Å². The van der Waals surface area contributed by atoms with Gasteiger partial charge in [0, 0.05) is 23.3 Å². The number of nitrogens with one attached hydrogen (secondary N) is 1. The number of aryl methyl sites for hydroxylation is 1. The highest BCUT2D eigenvalue weighted by molar-refractivity contribution is 5.95. The van der Waals surface area contributed by atoms with Crippen molar-refractivity contribution in [1.29, 1.82) is 0 Å². The summed E-state index contributed by atoms with van der Waals surface area (Å²) in [6.45, 7) is 3.84. The van der Waals surface area contributed by atoms with E-state index in [1.807, 2.05) is 49.5 Å². The summed E-state index contributed by atoms with van der Waals surface area (Å²) in [5.41, 5.74) is 3.49. The van der Waals surface area contributed by atoms with Gasteiger partial charge in [-0.15, -0.1) is 0 Å². The van der Waals surface area contributed by atoms with Crippen LogP contribution in [0.15, 0.2) is 72.8 Å². The first-order chi connectivity index (χ1) is 14.9. The molecule has 3 rings (SSSR count). The molecule has 0 spiro atoms. The molecule has 0 radical (unpaired) electrons. The Labute approximate surface area is 181 Å². The fourth-order valence-electron chi connectivity index (χ4n) is 3.38. The Balaban J connectivity index is 1.83. The van der Waals surface area contributed by atoms with Crippen molar-refractivity contribution in [3.8, 4) is 5.75 Å². The quantitative estimate of drug-likeness (QED) is 0.430. The van der Waals surface area contributed by atoms with Crippen LogP contribution in [-0.4, -0.2) is 24.0 Å². The molecule has 1 amide bonds. The van der Waals surface area contributed by atoms with Crippen molar-refractivity contribution in [2.24, 2.45) is 0 Å². The second-order valence-corrected chi connectivity index (χ2v) is 7.41. The number of nitrogens with two attached hydrogens (primary N) is 1. The number of nitrogens with zero attached hydrogens (tertiary/aromatic N) is 1. The van der Waals surface area contributed by atoms with Gasteiger partial charge < -0.3 is 15.4 Å². The zero-order chi connectivity index (χ0) is 22.4. The number of benzene rings is 3. The van der Waals surface area contributed by atoms with Gasteiger partial charge in [-0.3, -0.25) is 14.9 Å². The van der Waals surface area contributed by atoms with E-state index in [1.54, 1.807) is 0 Å². The van der Waals surface area contributed by atoms with Crippen LogP contribution in [0, 0.1) is 17.0 Å². The topological polar surface area (TPSA) is 98.1 Å². The molecule has 2 atom stereocenters. The lowest BCUT2D eigenvalue weighted by molar-refractivity contribution is -0.704. The molecule has 3 N–H and O–H groups in total. The number of rotatable bonds is 8. The molecule has 0 unspecified atom stereocenters. The zero-order valence-electron chi connectivity index (χ0n) is 17.7. The second-order valence-electron chi connectivity index (χ2n) is 7.41. The number of hydrogen-bond donors (Lipinski definition) is 2. The van der Waals surface area contributed by atoms with Crippen LogP contribution in [0.4, 0.5) is 11.4 Å². The molecule has 3 aromatic rings. The van der Waals surface area contributed by atoms with Gasteiger partial charge in [-0.25, -0.2) is 0 Å². The minimum Gasteiger partial charge on any atom is -0.495 e. The van der Waals surface area contributed by atoms with Crippen molar-refractivity contribution >= 4 is 17.3 Å². The number of carbonyl (C=O) groups is 1. The van der Waals surface area contributed by atoms with Crippen molar-refractivity contribution in [2.45, 2.75) is 25.9 Å². The number of anilines is 1. The third kappa shape index (κ3) is 5.46. The van der Waals surface area contributed by atoms with E-state index >= 15 is 0 Å². The zero-order valence-corrected chi connectivity index (χ0v) is 17.7. The fraction of sp³-hybridized carbons (Fsp3) is 0.208. The molecular weight excluding hydrogens is 394 g/mol. The molecular formula is C24H26N3O4+. The molecule has 7 heteroatoms. The van der Waals surface area contributed by atoms with Gasteiger partial charge in [0.25, 0.3) is 11.6 Å². The summed E-state index contributed by atoms with van der Waals surface area (Å²) in [4.78, 5) is 23.5. The molecule has 3 aromatic carbocycles. The van der Waals surface area contributed by atoms with Crippen LogP contribution in [0.2, 0.25) is 0 Å². The normalized spacial score (nSPS) is 12.6. The van der Waals surface area contributed by atoms with Crippen LogP contribution in [0.1, 0.15) is 29.7 Å². The Kier molecular flexibility index (Phi) is 6.99. The van der Waals surface area contributed by atoms with E-state index < -0.39 is 11.0 Å². The average Bonchev–Trinajstić information content (AvgIpc) is 2.78. The molecule has 7 nitrogen and oxygen atoms in total. The van der Waals surface area contributed by atoms with Gasteiger partial charge >= 0.3 is 0 Å². The molecule has 0 saturated carbocycles. The van der Waals surface area contributed by atoms with E-state index in [1.165, 1.54) is 30.9 Å². The van der Waals surface area contributed by atoms with E-state index in [4.69, 9.17) is 4.74 Å². The minimum absolute atomic E-state index is 0.0745. The summed E-state index contributed by atoms with van der Waals surface area (Å²) in [7, 11) is 1.45. The van der Waals surface area contributed by atoms with E-state index in [0.717, 1.165) is 11.1 Å². The molecule has 0 aliphatic heterocycles. The number of nitro benzene ring substituents is 1. The number of quaternary nitrogens is 1. The maximum atomic E-state index is 12.9. The lowest BCUT2D eigenvalue weighted by Crippen LogP contribution is -2.92. The van der Waals surface area contributed by atoms with E-state index in [2.05, 4.69) is 29.6 Å². The molecule has 0 bridgehead atoms. The van der Waals surface area contributed by atoms with Crippen molar-refractivity contribution in [1.82, 2.24) is 0 Å². The summed E-state index contributed by atoms with van der Waals surface area (Å²) in [5.74, 6) is 0.0936. The summed E-state index contributed by atoms with van der Waals surface area (Å²) in [6, 6.07) is 21.8. The van der Waals surface area contributed by atoms with Crippen LogP contribution in [0.3, 0.4) is 0 Å². The standard InChI is InChI=1S/C24H25N3O4/c1-16-9-11-19(12-10-16)23(18-7-5-4-6-8-18)25-17(2)24(28)26-21-15-20(27(29)30)13-14-22(21)31-3/h4-15,17,23,25H,1-3H3,(H,26,28)/p+1/t17-,23-/m1/s1. The third-order valence-corrected chi connectivity index (χ3v) is 5.14. The molecule has 0 heterocycles. The number of nitro groups is 1. The van der Waals surface area contributed by atoms with Crippen molar-refractivity contribution < 1.29 is 19.8 Å². The van der Waals surface area contributed by atoms with Crippen LogP contribution in [0.5, 0.6) is 5.75 Å². The largest absolute Gasteiger partial charge is 0.495 e. The first kappa shape index (κ1) is 22.0. The summed E-state index contributed by atoms with van der Waals surface area (Å²) in [6.07, 6.45) is 0. The lowest BCUT2D eigenvalue weighted by Gasteiger charge is -2.21. The average molecular weight is 420 g/mol. The Bertz CT molecular complexity index is 1050. The Morgan fingerprint density at radius 3 is 2.29 bits per heavy atom. The number of non-ortho nitro benzene ring substituents is 1. The number of carbonyl (C=O) groups excluding carboxylic acids is 1. The van der Waals surface area contributed by atoms with Gasteiger partial charge in [0.15, 0.2) is 6.04 Å². The van der Waals surface area contributed by atoms with Crippen LogP contribution in [0.25, 0.3) is 0 Å². The van der Waals surface area contributed by atoms with Crippen molar-refractivity contribution in [3.63, 3.8) is 0 Å². The predicted octanol–water partition coefficient (Wildman–Crippen LogP) is 3.59. The smallest absolute Gasteiger partial charge is 0.282 e. The highest BCUT2D eigenvalue weighted by Crippen LogP contribution is 2.29. The van der Waals surface area contributed by atoms with Crippen molar-refractivity contribution in [2.75, 3.05) is 12.4 Å². The first-order valence-electron chi connectivity index (χ1n) is 9.99. The molecule has 0 aliphatic carbocycles. The van der Waals surface area contributed by atoms with Gasteiger partial charge in [0.1, 0.15) is 11.8 Å². The monoisotopic (exact) mass is 420 g/mol. The Morgan fingerprint density at radius 2 is 1.68 bits per heavy atom. The minimum atomic E-state index is -0.506. The Hall–Kier alpha value is -3.71. The summed E-state index contributed by atoms with van der Waals surface area (Å²) < 4.78 is 5.24. The Morgan fingerprint density at radius 1 is 1.03 bits per heavy atom. The van der Waals surface area contributed by atoms with Crippen LogP contribution in [-0.2, 0) is 4.79 Å². The predicted molar refractivity (Wildman–Crippen MR) is 119 cm³/mol. The number of ether oxygens (including phenoxy) is 1. The van der Waals surface area contributed by atoms with E-state index in [0.29, 0.717) is 5.75 Å². The van der Waals surface area contributed by atoms with E-state index in [9.17, 15) is 14.9 Å². The van der Waals surface area contributed by atoms with Gasteiger partial charge in [0.2, 0.25) is 0 Å². The lowest BCUT2D eigenvalue weighted by atomic mass is 9.97. The molecule has 31 heavy (non-hydrogen) atoms. The van der Waals surface area contributed by atoms with Gasteiger partial charge in [-0.2, -0.15) is 0 Å².